The molecule has 0 aromatic heterocycles. The van der Waals surface area contributed by atoms with Gasteiger partial charge in [0.1, 0.15) is 0 Å². The molecule has 0 aliphatic heterocycles. The Balaban J connectivity index is 0.000000263. The molecule has 2 aromatic rings. The quantitative estimate of drug-likeness (QED) is 0.715. The first kappa shape index (κ1) is 22.1. The van der Waals surface area contributed by atoms with Gasteiger partial charge in [0.2, 0.25) is 0 Å². The van der Waals surface area contributed by atoms with Gasteiger partial charge in [0.25, 0.3) is 0 Å². The summed E-state index contributed by atoms with van der Waals surface area (Å²) in [5.74, 6) is 2.57. The Labute approximate surface area is 162 Å². The van der Waals surface area contributed by atoms with Gasteiger partial charge >= 0.3 is 7.12 Å². The third-order valence-electron chi connectivity index (χ3n) is 3.72. The van der Waals surface area contributed by atoms with Crippen LogP contribution in [0.4, 0.5) is 0 Å². The van der Waals surface area contributed by atoms with Gasteiger partial charge in [-0.2, -0.15) is 0 Å². The third kappa shape index (κ3) is 5.55. The molecular formula is C18H24BBrO6. The average molecular weight is 427 g/mol. The molecule has 6 nitrogen and oxygen atoms in total. The molecular weight excluding hydrogens is 403 g/mol. The molecule has 142 valence electrons. The Morgan fingerprint density at radius 3 is 1.50 bits per heavy atom. The summed E-state index contributed by atoms with van der Waals surface area (Å²) in [6, 6.07) is 7.09. The van der Waals surface area contributed by atoms with Gasteiger partial charge in [-0.3, -0.25) is 0 Å². The van der Waals surface area contributed by atoms with E-state index in [2.05, 4.69) is 15.9 Å². The Morgan fingerprint density at radius 1 is 0.692 bits per heavy atom. The first-order chi connectivity index (χ1) is 12.3. The number of hydrogen-bond donors (Lipinski definition) is 2. The molecule has 2 aromatic carbocycles. The lowest BCUT2D eigenvalue weighted by Crippen LogP contribution is -2.32. The van der Waals surface area contributed by atoms with Gasteiger partial charge in [-0.05, 0) is 54.7 Å². The molecule has 0 saturated carbocycles. The highest BCUT2D eigenvalue weighted by atomic mass is 79.9. The average Bonchev–Trinajstić information content (AvgIpc) is 2.63. The largest absolute Gasteiger partial charge is 0.493 e. The minimum atomic E-state index is -1.49. The zero-order chi connectivity index (χ0) is 19.9. The van der Waals surface area contributed by atoms with Crippen molar-refractivity contribution in [3.05, 3.63) is 39.9 Å². The van der Waals surface area contributed by atoms with E-state index in [9.17, 15) is 0 Å². The summed E-state index contributed by atoms with van der Waals surface area (Å²) >= 11 is 3.41. The van der Waals surface area contributed by atoms with Crippen molar-refractivity contribution in [2.24, 2.45) is 0 Å². The van der Waals surface area contributed by atoms with E-state index in [1.165, 1.54) is 14.2 Å². The van der Waals surface area contributed by atoms with Crippen molar-refractivity contribution >= 4 is 28.5 Å². The lowest BCUT2D eigenvalue weighted by Gasteiger charge is -2.11. The van der Waals surface area contributed by atoms with Crippen LogP contribution >= 0.6 is 15.9 Å². The van der Waals surface area contributed by atoms with Crippen molar-refractivity contribution < 1.29 is 29.0 Å². The van der Waals surface area contributed by atoms with Crippen molar-refractivity contribution in [1.82, 2.24) is 0 Å². The molecule has 0 amide bonds. The van der Waals surface area contributed by atoms with E-state index in [0.717, 1.165) is 27.1 Å². The second kappa shape index (κ2) is 10.3. The van der Waals surface area contributed by atoms with Crippen molar-refractivity contribution in [1.29, 1.82) is 0 Å². The second-order valence-electron chi connectivity index (χ2n) is 5.39. The summed E-state index contributed by atoms with van der Waals surface area (Å²) in [6.45, 7) is 3.78. The van der Waals surface area contributed by atoms with Gasteiger partial charge in [-0.25, -0.2) is 0 Å². The van der Waals surface area contributed by atoms with Crippen molar-refractivity contribution in [2.75, 3.05) is 28.4 Å². The van der Waals surface area contributed by atoms with E-state index in [1.54, 1.807) is 33.3 Å². The Kier molecular flexibility index (Phi) is 8.77. The second-order valence-corrected chi connectivity index (χ2v) is 6.25. The summed E-state index contributed by atoms with van der Waals surface area (Å²) in [5.41, 5.74) is 2.30. The van der Waals surface area contributed by atoms with Crippen LogP contribution in [0.1, 0.15) is 11.1 Å². The van der Waals surface area contributed by atoms with Crippen LogP contribution in [0.5, 0.6) is 23.0 Å². The molecule has 2 rings (SSSR count). The van der Waals surface area contributed by atoms with Crippen molar-refractivity contribution in [3.63, 3.8) is 0 Å². The van der Waals surface area contributed by atoms with E-state index in [4.69, 9.17) is 29.0 Å². The molecule has 0 unspecified atom stereocenters. The number of hydrogen-bond acceptors (Lipinski definition) is 6. The maximum Gasteiger partial charge on any atom is 0.488 e. The molecule has 0 aliphatic rings. The first-order valence-corrected chi connectivity index (χ1v) is 8.55. The molecule has 0 spiro atoms. The molecule has 26 heavy (non-hydrogen) atoms. The number of halogens is 1. The molecule has 0 heterocycles. The van der Waals surface area contributed by atoms with Crippen molar-refractivity contribution in [3.8, 4) is 23.0 Å². The number of methoxy groups -OCH3 is 4. The highest BCUT2D eigenvalue weighted by Gasteiger charge is 2.17. The third-order valence-corrected chi connectivity index (χ3v) is 4.57. The highest BCUT2D eigenvalue weighted by molar-refractivity contribution is 9.10. The molecule has 2 N–H and O–H groups in total. The monoisotopic (exact) mass is 426 g/mol. The lowest BCUT2D eigenvalue weighted by molar-refractivity contribution is 0.354. The fourth-order valence-electron chi connectivity index (χ4n) is 2.23. The molecule has 0 bridgehead atoms. The van der Waals surface area contributed by atoms with Crippen LogP contribution < -0.4 is 24.4 Å². The minimum Gasteiger partial charge on any atom is -0.493 e. The number of rotatable bonds is 5. The molecule has 0 radical (unpaired) electrons. The van der Waals surface area contributed by atoms with Crippen LogP contribution in [0.25, 0.3) is 0 Å². The van der Waals surface area contributed by atoms with Crippen LogP contribution in [0.3, 0.4) is 0 Å². The zero-order valence-electron chi connectivity index (χ0n) is 15.8. The fourth-order valence-corrected chi connectivity index (χ4v) is 2.55. The zero-order valence-corrected chi connectivity index (χ0v) is 17.4. The van der Waals surface area contributed by atoms with E-state index >= 15 is 0 Å². The fraction of sp³-hybridized carbons (Fsp3) is 0.333. The van der Waals surface area contributed by atoms with E-state index < -0.39 is 7.12 Å². The van der Waals surface area contributed by atoms with Crippen LogP contribution in [-0.4, -0.2) is 45.6 Å². The van der Waals surface area contributed by atoms with E-state index in [1.807, 2.05) is 19.1 Å². The van der Waals surface area contributed by atoms with Crippen LogP contribution in [0, 0.1) is 13.8 Å². The van der Waals surface area contributed by atoms with E-state index in [0.29, 0.717) is 17.0 Å². The maximum atomic E-state index is 9.05. The highest BCUT2D eigenvalue weighted by Crippen LogP contribution is 2.32. The number of ether oxygens (including phenoxy) is 4. The Bertz CT molecular complexity index is 707. The topological polar surface area (TPSA) is 77.4 Å². The van der Waals surface area contributed by atoms with Gasteiger partial charge < -0.3 is 29.0 Å². The summed E-state index contributed by atoms with van der Waals surface area (Å²) in [5, 5.41) is 18.1. The number of aryl methyl sites for hydroxylation is 2. The van der Waals surface area contributed by atoms with Gasteiger partial charge in [0.05, 0.1) is 28.4 Å². The predicted molar refractivity (Wildman–Crippen MR) is 106 cm³/mol. The predicted octanol–water partition coefficient (Wildman–Crippen LogP) is 2.47. The molecule has 0 aliphatic carbocycles. The molecule has 8 heteroatoms. The van der Waals surface area contributed by atoms with Crippen molar-refractivity contribution in [2.45, 2.75) is 13.8 Å². The van der Waals surface area contributed by atoms with Gasteiger partial charge in [-0.15, -0.1) is 0 Å². The summed E-state index contributed by atoms with van der Waals surface area (Å²) in [7, 11) is 4.80. The molecule has 0 atom stereocenters. The Hall–Kier alpha value is -1.90. The summed E-state index contributed by atoms with van der Waals surface area (Å²) in [4.78, 5) is 0. The van der Waals surface area contributed by atoms with Gasteiger partial charge in [0, 0.05) is 4.47 Å². The van der Waals surface area contributed by atoms with Gasteiger partial charge in [-0.1, -0.05) is 15.9 Å². The normalized spacial score (nSPS) is 9.73. The first-order valence-electron chi connectivity index (χ1n) is 7.75. The van der Waals surface area contributed by atoms with Crippen LogP contribution in [0.2, 0.25) is 0 Å². The summed E-state index contributed by atoms with van der Waals surface area (Å²) in [6.07, 6.45) is 0. The molecule has 0 saturated heterocycles. The number of benzene rings is 2. The lowest BCUT2D eigenvalue weighted by atomic mass is 9.77. The SMILES string of the molecule is COc1cc(C)c(B(O)O)cc1OC.COc1cc(C)c(Br)cc1OC. The van der Waals surface area contributed by atoms with Crippen LogP contribution in [0.15, 0.2) is 28.7 Å². The Morgan fingerprint density at radius 2 is 1.08 bits per heavy atom. The summed E-state index contributed by atoms with van der Waals surface area (Å²) < 4.78 is 21.4. The molecule has 0 fully saturated rings. The maximum absolute atomic E-state index is 9.05. The van der Waals surface area contributed by atoms with Gasteiger partial charge in [0.15, 0.2) is 23.0 Å². The van der Waals surface area contributed by atoms with Crippen LogP contribution in [-0.2, 0) is 0 Å². The smallest absolute Gasteiger partial charge is 0.488 e. The minimum absolute atomic E-state index is 0.419. The van der Waals surface area contributed by atoms with E-state index in [-0.39, 0.29) is 0 Å². The standard InChI is InChI=1S/C9H13BO4.C9H11BrO2/c1-6-4-8(13-2)9(14-3)5-7(6)10(11)12;1-6-4-8(11-2)9(12-3)5-7(6)10/h4-5,11-12H,1-3H3;4-5H,1-3H3.